The summed E-state index contributed by atoms with van der Waals surface area (Å²) < 4.78 is 33.9. The number of aryl methyl sites for hydroxylation is 1. The number of benzene rings is 1. The van der Waals surface area contributed by atoms with Gasteiger partial charge in [-0.2, -0.15) is 4.31 Å². The van der Waals surface area contributed by atoms with Crippen LogP contribution in [-0.2, 0) is 16.4 Å². The Kier molecular flexibility index (Phi) is 7.41. The number of likely N-dealkylation sites (N-methyl/N-ethyl adjacent to an activating group) is 1. The van der Waals surface area contributed by atoms with Crippen LogP contribution in [0.2, 0.25) is 5.02 Å². The minimum absolute atomic E-state index is 0.0704. The van der Waals surface area contributed by atoms with E-state index in [1.165, 1.54) is 4.31 Å². The van der Waals surface area contributed by atoms with Crippen LogP contribution in [0.5, 0.6) is 5.75 Å². The maximum absolute atomic E-state index is 13.3. The zero-order chi connectivity index (χ0) is 25.3. The highest BCUT2D eigenvalue weighted by molar-refractivity contribution is 7.89. The SMILES string of the molecule is CCOc1ccc(S(=O)(=O)N2CCN(C)CC2)cc1C(C)CCc1[nH]c2c(=O)[nH]c(=O)[nH]c2c1Cl. The molecular weight excluding hydrogens is 494 g/mol. The molecule has 190 valence electrons. The van der Waals surface area contributed by atoms with Crippen molar-refractivity contribution in [3.8, 4) is 5.75 Å². The van der Waals surface area contributed by atoms with E-state index in [-0.39, 0.29) is 21.8 Å². The van der Waals surface area contributed by atoms with Crippen LogP contribution in [0.4, 0.5) is 0 Å². The summed E-state index contributed by atoms with van der Waals surface area (Å²) in [5, 5.41) is 0.298. The number of nitrogens with one attached hydrogen (secondary N) is 3. The van der Waals surface area contributed by atoms with Crippen molar-refractivity contribution in [2.75, 3.05) is 39.8 Å². The molecule has 0 spiro atoms. The van der Waals surface area contributed by atoms with Crippen molar-refractivity contribution < 1.29 is 13.2 Å². The Morgan fingerprint density at radius 1 is 1.09 bits per heavy atom. The molecule has 3 N–H and O–H groups in total. The Labute approximate surface area is 208 Å². The zero-order valence-corrected chi connectivity index (χ0v) is 21.6. The van der Waals surface area contributed by atoms with Gasteiger partial charge in [-0.05, 0) is 56.5 Å². The molecule has 0 aliphatic carbocycles. The standard InChI is InChI=1S/C23H30ClN5O5S/c1-4-34-18-8-6-15(35(32,33)29-11-9-28(3)10-12-29)13-16(18)14(2)5-7-17-19(24)20-21(25-17)22(30)27-23(31)26-20/h6,8,13-14,25H,4-5,7,9-12H2,1-3H3,(H2,26,27,30,31). The van der Waals surface area contributed by atoms with Crippen molar-refractivity contribution >= 4 is 32.7 Å². The molecule has 1 atom stereocenters. The predicted octanol–water partition coefficient (Wildman–Crippen LogP) is 2.27. The average molecular weight is 524 g/mol. The summed E-state index contributed by atoms with van der Waals surface area (Å²) in [5.74, 6) is 0.569. The lowest BCUT2D eigenvalue weighted by Gasteiger charge is -2.31. The molecule has 1 saturated heterocycles. The number of aromatic nitrogens is 3. The van der Waals surface area contributed by atoms with Crippen molar-refractivity contribution in [2.45, 2.75) is 37.5 Å². The van der Waals surface area contributed by atoms with Gasteiger partial charge in [-0.1, -0.05) is 18.5 Å². The molecule has 0 saturated carbocycles. The summed E-state index contributed by atoms with van der Waals surface area (Å²) in [6, 6.07) is 5.03. The van der Waals surface area contributed by atoms with E-state index in [2.05, 4.69) is 19.9 Å². The van der Waals surface area contributed by atoms with Gasteiger partial charge in [0, 0.05) is 31.9 Å². The van der Waals surface area contributed by atoms with Crippen LogP contribution >= 0.6 is 11.6 Å². The molecule has 0 amide bonds. The van der Waals surface area contributed by atoms with Crippen LogP contribution in [0.3, 0.4) is 0 Å². The van der Waals surface area contributed by atoms with E-state index >= 15 is 0 Å². The summed E-state index contributed by atoms with van der Waals surface area (Å²) in [5.41, 5.74) is 0.750. The fourth-order valence-corrected chi connectivity index (χ4v) is 6.09. The van der Waals surface area contributed by atoms with Crippen LogP contribution in [-0.4, -0.2) is 72.4 Å². The number of hydrogen-bond acceptors (Lipinski definition) is 6. The Balaban J connectivity index is 1.60. The maximum Gasteiger partial charge on any atom is 0.326 e. The van der Waals surface area contributed by atoms with Crippen molar-refractivity contribution in [1.82, 2.24) is 24.2 Å². The second kappa shape index (κ2) is 10.2. The van der Waals surface area contributed by atoms with Gasteiger partial charge in [0.25, 0.3) is 5.56 Å². The Morgan fingerprint density at radius 3 is 2.49 bits per heavy atom. The van der Waals surface area contributed by atoms with E-state index in [1.807, 2.05) is 20.9 Å². The fraction of sp³-hybridized carbons (Fsp3) is 0.478. The van der Waals surface area contributed by atoms with Crippen molar-refractivity contribution in [3.63, 3.8) is 0 Å². The fourth-order valence-electron chi connectivity index (χ4n) is 4.35. The third kappa shape index (κ3) is 5.18. The topological polar surface area (TPSA) is 131 Å². The van der Waals surface area contributed by atoms with Gasteiger partial charge in [-0.3, -0.25) is 9.78 Å². The molecule has 1 unspecified atom stereocenters. The molecule has 0 radical (unpaired) electrons. The number of rotatable bonds is 8. The first-order valence-electron chi connectivity index (χ1n) is 11.6. The van der Waals surface area contributed by atoms with Gasteiger partial charge in [-0.15, -0.1) is 0 Å². The number of sulfonamides is 1. The van der Waals surface area contributed by atoms with Gasteiger partial charge < -0.3 is 19.6 Å². The first-order chi connectivity index (χ1) is 16.6. The zero-order valence-electron chi connectivity index (χ0n) is 20.0. The Morgan fingerprint density at radius 2 is 1.80 bits per heavy atom. The van der Waals surface area contributed by atoms with Gasteiger partial charge in [0.2, 0.25) is 10.0 Å². The van der Waals surface area contributed by atoms with Crippen LogP contribution in [0.1, 0.15) is 37.4 Å². The second-order valence-electron chi connectivity index (χ2n) is 8.86. The lowest BCUT2D eigenvalue weighted by Crippen LogP contribution is -2.47. The molecule has 2 aromatic heterocycles. The number of ether oxygens (including phenoxy) is 1. The maximum atomic E-state index is 13.3. The minimum atomic E-state index is -3.62. The van der Waals surface area contributed by atoms with Crippen LogP contribution in [0, 0.1) is 0 Å². The lowest BCUT2D eigenvalue weighted by molar-refractivity contribution is 0.222. The largest absolute Gasteiger partial charge is 0.494 e. The highest BCUT2D eigenvalue weighted by Gasteiger charge is 2.29. The molecule has 3 aromatic rings. The summed E-state index contributed by atoms with van der Waals surface area (Å²) in [6.45, 7) is 6.63. The second-order valence-corrected chi connectivity index (χ2v) is 11.2. The molecule has 1 aliphatic heterocycles. The minimum Gasteiger partial charge on any atom is -0.494 e. The molecule has 1 aromatic carbocycles. The summed E-state index contributed by atoms with van der Waals surface area (Å²) >= 11 is 6.43. The normalized spacial score (nSPS) is 16.6. The molecular formula is C23H30ClN5O5S. The van der Waals surface area contributed by atoms with Crippen molar-refractivity contribution in [1.29, 1.82) is 0 Å². The number of aromatic amines is 3. The monoisotopic (exact) mass is 523 g/mol. The molecule has 4 rings (SSSR count). The molecule has 35 heavy (non-hydrogen) atoms. The van der Waals surface area contributed by atoms with E-state index in [9.17, 15) is 18.0 Å². The van der Waals surface area contributed by atoms with Crippen molar-refractivity contribution in [3.05, 3.63) is 55.3 Å². The predicted molar refractivity (Wildman–Crippen MR) is 135 cm³/mol. The van der Waals surface area contributed by atoms with Crippen LogP contribution in [0.15, 0.2) is 32.7 Å². The van der Waals surface area contributed by atoms with E-state index in [0.717, 1.165) is 5.56 Å². The molecule has 3 heterocycles. The molecule has 10 nitrogen and oxygen atoms in total. The van der Waals surface area contributed by atoms with E-state index in [0.29, 0.717) is 62.1 Å². The Bertz CT molecular complexity index is 1440. The van der Waals surface area contributed by atoms with Crippen LogP contribution < -0.4 is 16.0 Å². The number of fused-ring (bicyclic) bond motifs is 1. The molecule has 1 aliphatic rings. The lowest BCUT2D eigenvalue weighted by atomic mass is 9.94. The first kappa shape index (κ1) is 25.5. The summed E-state index contributed by atoms with van der Waals surface area (Å²) in [4.78, 5) is 33.8. The first-order valence-corrected chi connectivity index (χ1v) is 13.4. The summed E-state index contributed by atoms with van der Waals surface area (Å²) in [7, 11) is -1.64. The molecule has 0 bridgehead atoms. The smallest absolute Gasteiger partial charge is 0.326 e. The average Bonchev–Trinajstić information content (AvgIpc) is 3.14. The van der Waals surface area contributed by atoms with Gasteiger partial charge >= 0.3 is 5.69 Å². The van der Waals surface area contributed by atoms with Gasteiger partial charge in [0.1, 0.15) is 11.3 Å². The van der Waals surface area contributed by atoms with Gasteiger partial charge in [0.05, 0.1) is 22.0 Å². The number of halogens is 1. The quantitative estimate of drug-likeness (QED) is 0.415. The third-order valence-corrected chi connectivity index (χ3v) is 8.75. The van der Waals surface area contributed by atoms with Gasteiger partial charge in [0.15, 0.2) is 0 Å². The highest BCUT2D eigenvalue weighted by Crippen LogP contribution is 2.34. The Hall–Kier alpha value is -2.60. The van der Waals surface area contributed by atoms with E-state index in [1.54, 1.807) is 18.2 Å². The van der Waals surface area contributed by atoms with E-state index in [4.69, 9.17) is 16.3 Å². The van der Waals surface area contributed by atoms with Crippen LogP contribution in [0.25, 0.3) is 11.0 Å². The molecule has 12 heteroatoms. The van der Waals surface area contributed by atoms with E-state index < -0.39 is 21.3 Å². The number of hydrogen-bond donors (Lipinski definition) is 3. The third-order valence-electron chi connectivity index (χ3n) is 6.44. The van der Waals surface area contributed by atoms with Gasteiger partial charge in [-0.25, -0.2) is 13.2 Å². The van der Waals surface area contributed by atoms with Crippen molar-refractivity contribution in [2.24, 2.45) is 0 Å². The number of piperazine rings is 1. The number of H-pyrrole nitrogens is 3. The highest BCUT2D eigenvalue weighted by atomic mass is 35.5. The molecule has 1 fully saturated rings. The number of nitrogens with zero attached hydrogens (tertiary/aromatic N) is 2. The summed E-state index contributed by atoms with van der Waals surface area (Å²) in [6.07, 6.45) is 1.09.